The Labute approximate surface area is 111 Å². The molecule has 0 saturated carbocycles. The highest BCUT2D eigenvalue weighted by Gasteiger charge is 2.26. The number of nitrogens with zero attached hydrogens (tertiary/aromatic N) is 3. The van der Waals surface area contributed by atoms with Gasteiger partial charge in [-0.25, -0.2) is 4.68 Å². The van der Waals surface area contributed by atoms with Gasteiger partial charge in [0.25, 0.3) is 0 Å². The number of hydrogen-bond acceptors (Lipinski definition) is 4. The van der Waals surface area contributed by atoms with E-state index in [4.69, 9.17) is 5.73 Å². The largest absolute Gasteiger partial charge is 0.378 e. The van der Waals surface area contributed by atoms with Gasteiger partial charge in [-0.05, 0) is 11.5 Å². The van der Waals surface area contributed by atoms with Crippen molar-refractivity contribution in [2.45, 2.75) is 19.9 Å². The van der Waals surface area contributed by atoms with E-state index in [1.807, 2.05) is 44.2 Å². The number of benzene rings is 1. The molecule has 6 heteroatoms. The molecule has 0 aliphatic rings. The highest BCUT2D eigenvalue weighted by molar-refractivity contribution is 5.52. The summed E-state index contributed by atoms with van der Waals surface area (Å²) in [6, 6.07) is 9.61. The summed E-state index contributed by atoms with van der Waals surface area (Å²) in [5.41, 5.74) is 6.72. The molecule has 1 heterocycles. The van der Waals surface area contributed by atoms with Crippen molar-refractivity contribution in [3.8, 4) is 0 Å². The first-order valence-electron chi connectivity index (χ1n) is 6.04. The van der Waals surface area contributed by atoms with E-state index in [1.54, 1.807) is 0 Å². The van der Waals surface area contributed by atoms with Crippen molar-refractivity contribution in [2.24, 2.45) is 5.92 Å². The summed E-state index contributed by atoms with van der Waals surface area (Å²) in [5, 5.41) is 14.9. The van der Waals surface area contributed by atoms with Crippen molar-refractivity contribution in [2.75, 3.05) is 5.73 Å². The van der Waals surface area contributed by atoms with Gasteiger partial charge in [-0.3, -0.25) is 10.1 Å². The van der Waals surface area contributed by atoms with E-state index in [-0.39, 0.29) is 23.5 Å². The van der Waals surface area contributed by atoms with Crippen LogP contribution >= 0.6 is 0 Å². The molecular formula is C13H16N4O2. The summed E-state index contributed by atoms with van der Waals surface area (Å²) < 4.78 is 1.53. The molecular weight excluding hydrogens is 244 g/mol. The van der Waals surface area contributed by atoms with E-state index < -0.39 is 4.92 Å². The number of rotatable bonds is 4. The average molecular weight is 260 g/mol. The fourth-order valence-electron chi connectivity index (χ4n) is 2.18. The molecule has 100 valence electrons. The molecule has 0 radical (unpaired) electrons. The van der Waals surface area contributed by atoms with Crippen LogP contribution in [0.25, 0.3) is 0 Å². The van der Waals surface area contributed by atoms with Crippen molar-refractivity contribution >= 4 is 11.5 Å². The number of nitrogens with two attached hydrogens (primary N) is 1. The molecule has 0 aliphatic heterocycles. The Morgan fingerprint density at radius 1 is 1.32 bits per heavy atom. The third-order valence-electron chi connectivity index (χ3n) is 3.05. The first kappa shape index (κ1) is 13.1. The zero-order valence-electron chi connectivity index (χ0n) is 10.9. The molecule has 0 aliphatic carbocycles. The van der Waals surface area contributed by atoms with Crippen LogP contribution in [0.3, 0.4) is 0 Å². The van der Waals surface area contributed by atoms with Crippen LogP contribution in [0.4, 0.5) is 11.5 Å². The quantitative estimate of drug-likeness (QED) is 0.676. The summed E-state index contributed by atoms with van der Waals surface area (Å²) in [7, 11) is 0. The maximum atomic E-state index is 10.8. The topological polar surface area (TPSA) is 87.0 Å². The number of anilines is 1. The van der Waals surface area contributed by atoms with Crippen molar-refractivity contribution < 1.29 is 4.92 Å². The molecule has 0 bridgehead atoms. The number of nitrogen functional groups attached to an aromatic ring is 1. The van der Waals surface area contributed by atoms with Gasteiger partial charge in [-0.15, -0.1) is 0 Å². The minimum atomic E-state index is -0.513. The predicted molar refractivity (Wildman–Crippen MR) is 72.7 cm³/mol. The maximum absolute atomic E-state index is 10.8. The minimum absolute atomic E-state index is 0.0903. The Morgan fingerprint density at radius 2 is 1.95 bits per heavy atom. The Balaban J connectivity index is 2.49. The summed E-state index contributed by atoms with van der Waals surface area (Å²) in [6.45, 7) is 4.06. The highest BCUT2D eigenvalue weighted by Crippen LogP contribution is 2.31. The van der Waals surface area contributed by atoms with Crippen molar-refractivity contribution in [1.82, 2.24) is 9.78 Å². The second-order valence-corrected chi connectivity index (χ2v) is 4.72. The van der Waals surface area contributed by atoms with Crippen LogP contribution in [-0.4, -0.2) is 14.7 Å². The monoisotopic (exact) mass is 260 g/mol. The van der Waals surface area contributed by atoms with Crippen molar-refractivity contribution in [3.05, 3.63) is 52.2 Å². The van der Waals surface area contributed by atoms with Gasteiger partial charge >= 0.3 is 5.69 Å². The lowest BCUT2D eigenvalue weighted by Gasteiger charge is -2.22. The molecule has 1 aromatic heterocycles. The normalized spacial score (nSPS) is 12.6. The lowest BCUT2D eigenvalue weighted by atomic mass is 9.96. The van der Waals surface area contributed by atoms with Gasteiger partial charge in [-0.2, -0.15) is 5.10 Å². The predicted octanol–water partition coefficient (Wildman–Crippen LogP) is 2.62. The molecule has 1 aromatic carbocycles. The summed E-state index contributed by atoms with van der Waals surface area (Å²) in [4.78, 5) is 10.3. The highest BCUT2D eigenvalue weighted by atomic mass is 16.6. The summed E-state index contributed by atoms with van der Waals surface area (Å²) in [5.74, 6) is 0.303. The molecule has 0 amide bonds. The number of aromatic nitrogens is 2. The summed E-state index contributed by atoms with van der Waals surface area (Å²) in [6.07, 6.45) is 1.20. The Hall–Kier alpha value is -2.37. The minimum Gasteiger partial charge on any atom is -0.378 e. The molecule has 1 atom stereocenters. The lowest BCUT2D eigenvalue weighted by molar-refractivity contribution is -0.384. The van der Waals surface area contributed by atoms with Gasteiger partial charge in [0.1, 0.15) is 6.20 Å². The van der Waals surface area contributed by atoms with Crippen LogP contribution in [0.15, 0.2) is 36.5 Å². The molecule has 19 heavy (non-hydrogen) atoms. The van der Waals surface area contributed by atoms with Gasteiger partial charge < -0.3 is 5.73 Å². The van der Waals surface area contributed by atoms with Gasteiger partial charge in [0, 0.05) is 0 Å². The van der Waals surface area contributed by atoms with Crippen LogP contribution in [0, 0.1) is 16.0 Å². The molecule has 6 nitrogen and oxygen atoms in total. The Bertz CT molecular complexity index is 578. The summed E-state index contributed by atoms with van der Waals surface area (Å²) >= 11 is 0. The molecule has 2 aromatic rings. The maximum Gasteiger partial charge on any atom is 0.330 e. The fourth-order valence-corrected chi connectivity index (χ4v) is 2.18. The van der Waals surface area contributed by atoms with Crippen LogP contribution in [-0.2, 0) is 0 Å². The Morgan fingerprint density at radius 3 is 2.42 bits per heavy atom. The van der Waals surface area contributed by atoms with Crippen LogP contribution in [0.1, 0.15) is 25.5 Å². The number of nitro groups is 1. The van der Waals surface area contributed by atoms with Crippen LogP contribution in [0.5, 0.6) is 0 Å². The first-order chi connectivity index (χ1) is 9.02. The molecule has 1 unspecified atom stereocenters. The molecule has 0 fully saturated rings. The Kier molecular flexibility index (Phi) is 3.50. The zero-order valence-corrected chi connectivity index (χ0v) is 10.9. The van der Waals surface area contributed by atoms with E-state index in [9.17, 15) is 10.1 Å². The smallest absolute Gasteiger partial charge is 0.330 e. The lowest BCUT2D eigenvalue weighted by Crippen LogP contribution is -2.19. The fraction of sp³-hybridized carbons (Fsp3) is 0.308. The third kappa shape index (κ3) is 2.42. The van der Waals surface area contributed by atoms with Crippen molar-refractivity contribution in [1.29, 1.82) is 0 Å². The first-order valence-corrected chi connectivity index (χ1v) is 6.04. The molecule has 2 rings (SSSR count). The van der Waals surface area contributed by atoms with Gasteiger partial charge in [0.2, 0.25) is 5.82 Å². The zero-order chi connectivity index (χ0) is 14.0. The van der Waals surface area contributed by atoms with Crippen LogP contribution < -0.4 is 5.73 Å². The molecule has 0 saturated heterocycles. The van der Waals surface area contributed by atoms with Gasteiger partial charge in [-0.1, -0.05) is 44.2 Å². The third-order valence-corrected chi connectivity index (χ3v) is 3.05. The van der Waals surface area contributed by atoms with E-state index in [0.29, 0.717) is 0 Å². The van der Waals surface area contributed by atoms with Gasteiger partial charge in [0.05, 0.1) is 11.0 Å². The van der Waals surface area contributed by atoms with Crippen LogP contribution in [0.2, 0.25) is 0 Å². The second kappa shape index (κ2) is 5.09. The van der Waals surface area contributed by atoms with E-state index in [0.717, 1.165) is 5.56 Å². The van der Waals surface area contributed by atoms with Gasteiger partial charge in [0.15, 0.2) is 0 Å². The SMILES string of the molecule is CC(C)C(c1ccccc1)n1ncc([N+](=O)[O-])c1N. The second-order valence-electron chi connectivity index (χ2n) is 4.72. The van der Waals surface area contributed by atoms with E-state index >= 15 is 0 Å². The average Bonchev–Trinajstić information content (AvgIpc) is 2.73. The van der Waals surface area contributed by atoms with E-state index in [2.05, 4.69) is 5.10 Å². The van der Waals surface area contributed by atoms with Crippen molar-refractivity contribution in [3.63, 3.8) is 0 Å². The van der Waals surface area contributed by atoms with E-state index in [1.165, 1.54) is 10.9 Å². The molecule has 2 N–H and O–H groups in total. The standard InChI is InChI=1S/C13H16N4O2/c1-9(2)12(10-6-4-3-5-7-10)16-13(14)11(8-15-16)17(18)19/h3-9,12H,14H2,1-2H3. The number of hydrogen-bond donors (Lipinski definition) is 1. The molecule has 0 spiro atoms.